The predicted molar refractivity (Wildman–Crippen MR) is 112 cm³/mol. The van der Waals surface area contributed by atoms with Gasteiger partial charge in [0.2, 0.25) is 5.91 Å². The van der Waals surface area contributed by atoms with Crippen LogP contribution in [0.2, 0.25) is 0 Å². The summed E-state index contributed by atoms with van der Waals surface area (Å²) in [7, 11) is 0. The van der Waals surface area contributed by atoms with Crippen molar-refractivity contribution >= 4 is 34.1 Å². The minimum Gasteiger partial charge on any atom is -0.481 e. The summed E-state index contributed by atoms with van der Waals surface area (Å²) in [5.41, 5.74) is 7.13. The molecule has 1 aromatic heterocycles. The Morgan fingerprint density at radius 1 is 1.10 bits per heavy atom. The number of anilines is 1. The first-order chi connectivity index (χ1) is 13.9. The molecule has 0 radical (unpaired) electrons. The van der Waals surface area contributed by atoms with Crippen molar-refractivity contribution in [3.8, 4) is 0 Å². The van der Waals surface area contributed by atoms with Crippen LogP contribution in [0.15, 0.2) is 0 Å². The number of thiophene rings is 1. The summed E-state index contributed by atoms with van der Waals surface area (Å²) in [4.78, 5) is 38.5. The first-order valence-electron chi connectivity index (χ1n) is 10.9. The molecule has 1 heterocycles. The number of carboxylic acid groups (broad SMARTS) is 1. The van der Waals surface area contributed by atoms with Gasteiger partial charge in [-0.15, -0.1) is 11.3 Å². The molecule has 7 heteroatoms. The molecule has 6 nitrogen and oxygen atoms in total. The van der Waals surface area contributed by atoms with Gasteiger partial charge in [-0.05, 0) is 68.3 Å². The van der Waals surface area contributed by atoms with E-state index in [2.05, 4.69) is 12.2 Å². The SMILES string of the molecule is CCC[C@@H]1CCc2c(sc(NC(=O)[C@@H]3C4CCC(CC4)[C@H]3C(=O)O)c2C(N)=O)C1. The highest BCUT2D eigenvalue weighted by Crippen LogP contribution is 2.50. The van der Waals surface area contributed by atoms with Gasteiger partial charge in [-0.1, -0.05) is 19.8 Å². The van der Waals surface area contributed by atoms with Gasteiger partial charge in [-0.2, -0.15) is 0 Å². The van der Waals surface area contributed by atoms with Gasteiger partial charge in [0.25, 0.3) is 5.91 Å². The van der Waals surface area contributed by atoms with Crippen LogP contribution in [0.4, 0.5) is 5.00 Å². The lowest BCUT2D eigenvalue weighted by Crippen LogP contribution is -2.49. The quantitative estimate of drug-likeness (QED) is 0.652. The van der Waals surface area contributed by atoms with Crippen molar-refractivity contribution in [2.45, 2.75) is 64.7 Å². The molecule has 158 valence electrons. The van der Waals surface area contributed by atoms with Crippen molar-refractivity contribution in [2.75, 3.05) is 5.32 Å². The maximum Gasteiger partial charge on any atom is 0.307 e. The monoisotopic (exact) mass is 418 g/mol. The molecule has 0 aliphatic heterocycles. The number of carboxylic acids is 1. The average molecular weight is 419 g/mol. The standard InChI is InChI=1S/C22H30N2O4S/c1-2-3-11-4-9-14-15(10-11)29-21(18(14)19(23)25)24-20(26)16-12-5-7-13(8-6-12)17(16)22(27)28/h11-13,16-17H,2-10H2,1H3,(H2,23,25)(H,24,26)(H,27,28)/t11-,12?,13?,16-,17-/m1/s1. The van der Waals surface area contributed by atoms with E-state index in [1.165, 1.54) is 11.3 Å². The smallest absolute Gasteiger partial charge is 0.307 e. The number of carbonyl (C=O) groups is 3. The van der Waals surface area contributed by atoms with Crippen LogP contribution < -0.4 is 11.1 Å². The van der Waals surface area contributed by atoms with Crippen molar-refractivity contribution in [3.63, 3.8) is 0 Å². The van der Waals surface area contributed by atoms with Crippen LogP contribution in [0.3, 0.4) is 0 Å². The van der Waals surface area contributed by atoms with Crippen LogP contribution in [0.1, 0.15) is 72.7 Å². The molecule has 0 aromatic carbocycles. The molecule has 29 heavy (non-hydrogen) atoms. The van der Waals surface area contributed by atoms with Gasteiger partial charge in [0.05, 0.1) is 17.4 Å². The van der Waals surface area contributed by atoms with Crippen LogP contribution in [0.5, 0.6) is 0 Å². The largest absolute Gasteiger partial charge is 0.481 e. The normalized spacial score (nSPS) is 30.6. The molecule has 1 aromatic rings. The van der Waals surface area contributed by atoms with E-state index in [0.29, 0.717) is 16.5 Å². The van der Waals surface area contributed by atoms with E-state index in [9.17, 15) is 19.5 Å². The molecule has 0 spiro atoms. The summed E-state index contributed by atoms with van der Waals surface area (Å²) in [5.74, 6) is -1.97. The number of amides is 2. The van der Waals surface area contributed by atoms with E-state index in [1.54, 1.807) is 0 Å². The van der Waals surface area contributed by atoms with Crippen molar-refractivity contribution < 1.29 is 19.5 Å². The second-order valence-electron chi connectivity index (χ2n) is 9.02. The Balaban J connectivity index is 1.60. The van der Waals surface area contributed by atoms with Crippen molar-refractivity contribution in [1.29, 1.82) is 0 Å². The van der Waals surface area contributed by atoms with Crippen molar-refractivity contribution in [2.24, 2.45) is 35.3 Å². The lowest BCUT2D eigenvalue weighted by molar-refractivity contribution is -0.156. The van der Waals surface area contributed by atoms with Crippen molar-refractivity contribution in [1.82, 2.24) is 0 Å². The number of hydrogen-bond acceptors (Lipinski definition) is 4. The second kappa shape index (κ2) is 8.09. The molecule has 0 saturated heterocycles. The zero-order chi connectivity index (χ0) is 20.7. The average Bonchev–Trinajstić information content (AvgIpc) is 3.05. The molecule has 0 unspecified atom stereocenters. The van der Waals surface area contributed by atoms with Crippen LogP contribution in [0.25, 0.3) is 0 Å². The van der Waals surface area contributed by atoms with Crippen molar-refractivity contribution in [3.05, 3.63) is 16.0 Å². The van der Waals surface area contributed by atoms with Gasteiger partial charge in [0.1, 0.15) is 5.00 Å². The molecule has 2 bridgehead atoms. The third kappa shape index (κ3) is 3.69. The summed E-state index contributed by atoms with van der Waals surface area (Å²) in [5, 5.41) is 13.2. The van der Waals surface area contributed by atoms with Gasteiger partial charge in [0, 0.05) is 4.88 Å². The maximum absolute atomic E-state index is 13.2. The number of fused-ring (bicyclic) bond motifs is 4. The number of rotatable bonds is 6. The highest BCUT2D eigenvalue weighted by molar-refractivity contribution is 7.17. The fraction of sp³-hybridized carbons (Fsp3) is 0.682. The van der Waals surface area contributed by atoms with E-state index < -0.39 is 23.7 Å². The fourth-order valence-electron chi connectivity index (χ4n) is 6.03. The summed E-state index contributed by atoms with van der Waals surface area (Å²) >= 11 is 1.46. The minimum atomic E-state index is -0.873. The van der Waals surface area contributed by atoms with E-state index >= 15 is 0 Å². The molecule has 3 fully saturated rings. The molecule has 4 N–H and O–H groups in total. The van der Waals surface area contributed by atoms with Gasteiger partial charge < -0.3 is 16.2 Å². The number of carbonyl (C=O) groups excluding carboxylic acids is 2. The van der Waals surface area contributed by atoms with E-state index in [-0.39, 0.29) is 17.7 Å². The summed E-state index contributed by atoms with van der Waals surface area (Å²) in [6, 6.07) is 0. The van der Waals surface area contributed by atoms with E-state index in [1.807, 2.05) is 0 Å². The number of nitrogens with one attached hydrogen (secondary N) is 1. The third-order valence-electron chi connectivity index (χ3n) is 7.35. The molecular weight excluding hydrogens is 388 g/mol. The predicted octanol–water partition coefficient (Wildman–Crippen LogP) is 3.83. The topological polar surface area (TPSA) is 109 Å². The fourth-order valence-corrected chi connectivity index (χ4v) is 7.41. The molecule has 4 aliphatic rings. The Bertz CT molecular complexity index is 825. The Labute approximate surface area is 175 Å². The number of nitrogens with two attached hydrogens (primary N) is 1. The van der Waals surface area contributed by atoms with Crippen LogP contribution >= 0.6 is 11.3 Å². The highest BCUT2D eigenvalue weighted by Gasteiger charge is 2.50. The summed E-state index contributed by atoms with van der Waals surface area (Å²) in [6.07, 6.45) is 8.69. The van der Waals surface area contributed by atoms with E-state index in [4.69, 9.17) is 5.73 Å². The Hall–Kier alpha value is -1.89. The van der Waals surface area contributed by atoms with Gasteiger partial charge in [-0.3, -0.25) is 14.4 Å². The van der Waals surface area contributed by atoms with E-state index in [0.717, 1.165) is 68.2 Å². The number of aliphatic carboxylic acids is 1. The van der Waals surface area contributed by atoms with Crippen LogP contribution in [-0.2, 0) is 22.4 Å². The molecule has 3 atom stereocenters. The molecular formula is C22H30N2O4S. The molecule has 4 aliphatic carbocycles. The van der Waals surface area contributed by atoms with Gasteiger partial charge in [0.15, 0.2) is 0 Å². The van der Waals surface area contributed by atoms with Gasteiger partial charge >= 0.3 is 5.97 Å². The number of hydrogen-bond donors (Lipinski definition) is 3. The minimum absolute atomic E-state index is 0.0789. The zero-order valence-corrected chi connectivity index (χ0v) is 17.7. The second-order valence-corrected chi connectivity index (χ2v) is 10.1. The first kappa shape index (κ1) is 20.4. The first-order valence-corrected chi connectivity index (χ1v) is 11.7. The lowest BCUT2D eigenvalue weighted by atomic mass is 9.58. The summed E-state index contributed by atoms with van der Waals surface area (Å²) < 4.78 is 0. The molecule has 2 amide bonds. The van der Waals surface area contributed by atoms with Crippen LogP contribution in [0, 0.1) is 29.6 Å². The Morgan fingerprint density at radius 2 is 1.76 bits per heavy atom. The molecule has 5 rings (SSSR count). The maximum atomic E-state index is 13.2. The van der Waals surface area contributed by atoms with Gasteiger partial charge in [-0.25, -0.2) is 0 Å². The summed E-state index contributed by atoms with van der Waals surface area (Å²) in [6.45, 7) is 2.18. The zero-order valence-electron chi connectivity index (χ0n) is 16.9. The lowest BCUT2D eigenvalue weighted by Gasteiger charge is -2.45. The number of primary amides is 1. The Kier molecular flexibility index (Phi) is 5.69. The molecule has 3 saturated carbocycles. The highest BCUT2D eigenvalue weighted by atomic mass is 32.1. The van der Waals surface area contributed by atoms with Crippen LogP contribution in [-0.4, -0.2) is 22.9 Å². The third-order valence-corrected chi connectivity index (χ3v) is 8.52. The Morgan fingerprint density at radius 3 is 2.34 bits per heavy atom.